The van der Waals surface area contributed by atoms with Crippen molar-refractivity contribution in [1.29, 1.82) is 0 Å². The number of ether oxygens (including phenoxy) is 3. The van der Waals surface area contributed by atoms with Gasteiger partial charge in [0, 0.05) is 48.8 Å². The monoisotopic (exact) mass is 571 g/mol. The van der Waals surface area contributed by atoms with Crippen LogP contribution in [0.5, 0.6) is 5.75 Å². The second kappa shape index (κ2) is 12.8. The zero-order valence-corrected chi connectivity index (χ0v) is 24.2. The highest BCUT2D eigenvalue weighted by atomic mass is 32.2. The molecule has 0 unspecified atom stereocenters. The van der Waals surface area contributed by atoms with Crippen LogP contribution in [0.3, 0.4) is 0 Å². The number of nitro groups is 1. The summed E-state index contributed by atoms with van der Waals surface area (Å²) in [7, 11) is 1.64. The van der Waals surface area contributed by atoms with Gasteiger partial charge in [0.25, 0.3) is 5.69 Å². The van der Waals surface area contributed by atoms with E-state index in [0.29, 0.717) is 25.2 Å². The van der Waals surface area contributed by atoms with Gasteiger partial charge in [0.15, 0.2) is 0 Å². The SMILES string of the molecule is COc1ccc(CS[C@H]2C[C@@H]([C@H]3CCN(C(=O)OC(C)(C)C)C3)N(C(=O)OCc3ccc([N+](=O)[O-])cc3)C2)cc1. The fourth-order valence-electron chi connectivity index (χ4n) is 5.07. The molecule has 2 aliphatic heterocycles. The minimum atomic E-state index is -0.570. The van der Waals surface area contributed by atoms with Crippen LogP contribution in [-0.4, -0.2) is 70.5 Å². The number of thioether (sulfide) groups is 1. The molecule has 0 bridgehead atoms. The van der Waals surface area contributed by atoms with Gasteiger partial charge in [-0.2, -0.15) is 11.8 Å². The van der Waals surface area contributed by atoms with Gasteiger partial charge in [0.05, 0.1) is 12.0 Å². The minimum absolute atomic E-state index is 0.0119. The molecular weight excluding hydrogens is 534 g/mol. The molecule has 2 aliphatic rings. The van der Waals surface area contributed by atoms with E-state index in [1.165, 1.54) is 17.7 Å². The lowest BCUT2D eigenvalue weighted by atomic mass is 9.97. The van der Waals surface area contributed by atoms with Crippen LogP contribution in [-0.2, 0) is 21.8 Å². The van der Waals surface area contributed by atoms with Crippen LogP contribution < -0.4 is 4.74 Å². The molecule has 0 saturated carbocycles. The van der Waals surface area contributed by atoms with Crippen molar-refractivity contribution < 1.29 is 28.7 Å². The molecule has 40 heavy (non-hydrogen) atoms. The first-order valence-electron chi connectivity index (χ1n) is 13.4. The van der Waals surface area contributed by atoms with E-state index in [1.54, 1.807) is 29.0 Å². The normalized spacial score (nSPS) is 20.9. The molecule has 2 saturated heterocycles. The molecule has 2 aromatic rings. The molecular formula is C29H37N3O7S. The Hall–Kier alpha value is -3.47. The fraction of sp³-hybridized carbons (Fsp3) is 0.517. The number of carbonyl (C=O) groups is 2. The number of benzene rings is 2. The van der Waals surface area contributed by atoms with Crippen LogP contribution in [0.1, 0.15) is 44.7 Å². The predicted octanol–water partition coefficient (Wildman–Crippen LogP) is 5.87. The maximum absolute atomic E-state index is 13.3. The summed E-state index contributed by atoms with van der Waals surface area (Å²) >= 11 is 1.81. The number of nitrogens with zero attached hydrogens (tertiary/aromatic N) is 3. The number of carbonyl (C=O) groups excluding carboxylic acids is 2. The molecule has 3 atom stereocenters. The van der Waals surface area contributed by atoms with Gasteiger partial charge in [-0.05, 0) is 74.9 Å². The summed E-state index contributed by atoms with van der Waals surface area (Å²) in [6, 6.07) is 13.9. The quantitative estimate of drug-likeness (QED) is 0.286. The third-order valence-electron chi connectivity index (χ3n) is 7.11. The van der Waals surface area contributed by atoms with E-state index in [9.17, 15) is 19.7 Å². The van der Waals surface area contributed by atoms with Crippen LogP contribution in [0.4, 0.5) is 15.3 Å². The number of hydrogen-bond donors (Lipinski definition) is 0. The highest BCUT2D eigenvalue weighted by molar-refractivity contribution is 7.99. The molecule has 4 rings (SSSR count). The van der Waals surface area contributed by atoms with E-state index in [1.807, 2.05) is 56.8 Å². The summed E-state index contributed by atoms with van der Waals surface area (Å²) < 4.78 is 16.5. The average Bonchev–Trinajstić information content (AvgIpc) is 3.58. The fourth-order valence-corrected chi connectivity index (χ4v) is 6.29. The molecule has 0 aliphatic carbocycles. The number of rotatable bonds is 8. The van der Waals surface area contributed by atoms with E-state index < -0.39 is 16.6 Å². The summed E-state index contributed by atoms with van der Waals surface area (Å²) in [5.74, 6) is 1.74. The van der Waals surface area contributed by atoms with Gasteiger partial charge in [-0.3, -0.25) is 10.1 Å². The maximum atomic E-state index is 13.3. The van der Waals surface area contributed by atoms with Crippen LogP contribution in [0.2, 0.25) is 0 Å². The number of amides is 2. The lowest BCUT2D eigenvalue weighted by Crippen LogP contribution is -2.42. The highest BCUT2D eigenvalue weighted by Crippen LogP contribution is 2.37. The Morgan fingerprint density at radius 3 is 2.33 bits per heavy atom. The largest absolute Gasteiger partial charge is 0.497 e. The average molecular weight is 572 g/mol. The zero-order chi connectivity index (χ0) is 28.9. The van der Waals surface area contributed by atoms with Crippen LogP contribution >= 0.6 is 11.8 Å². The molecule has 0 N–H and O–H groups in total. The van der Waals surface area contributed by atoms with E-state index in [2.05, 4.69) is 0 Å². The lowest BCUT2D eigenvalue weighted by molar-refractivity contribution is -0.384. The summed E-state index contributed by atoms with van der Waals surface area (Å²) in [6.07, 6.45) is 0.851. The molecule has 11 heteroatoms. The van der Waals surface area contributed by atoms with Crippen molar-refractivity contribution >= 4 is 29.6 Å². The first-order valence-corrected chi connectivity index (χ1v) is 14.5. The van der Waals surface area contributed by atoms with Gasteiger partial charge in [-0.15, -0.1) is 0 Å². The molecule has 0 radical (unpaired) electrons. The summed E-state index contributed by atoms with van der Waals surface area (Å²) in [4.78, 5) is 40.0. The van der Waals surface area contributed by atoms with E-state index in [4.69, 9.17) is 14.2 Å². The Labute approximate surface area is 239 Å². The summed E-state index contributed by atoms with van der Waals surface area (Å²) in [6.45, 7) is 7.24. The number of likely N-dealkylation sites (tertiary alicyclic amines) is 2. The maximum Gasteiger partial charge on any atom is 0.410 e. The van der Waals surface area contributed by atoms with Gasteiger partial charge >= 0.3 is 12.2 Å². The summed E-state index contributed by atoms with van der Waals surface area (Å²) in [5, 5.41) is 11.1. The third kappa shape index (κ3) is 7.80. The van der Waals surface area contributed by atoms with Crippen molar-refractivity contribution in [2.75, 3.05) is 26.7 Å². The first-order chi connectivity index (χ1) is 19.0. The lowest BCUT2D eigenvalue weighted by Gasteiger charge is -2.29. The van der Waals surface area contributed by atoms with E-state index >= 15 is 0 Å². The molecule has 0 aromatic heterocycles. The molecule has 216 valence electrons. The molecule has 2 heterocycles. The van der Waals surface area contributed by atoms with Crippen molar-refractivity contribution in [3.05, 3.63) is 69.8 Å². The van der Waals surface area contributed by atoms with Crippen molar-refractivity contribution in [2.45, 2.75) is 62.9 Å². The number of nitro benzene ring substituents is 1. The van der Waals surface area contributed by atoms with Crippen LogP contribution in [0.15, 0.2) is 48.5 Å². The molecule has 2 fully saturated rings. The van der Waals surface area contributed by atoms with Crippen molar-refractivity contribution in [3.63, 3.8) is 0 Å². The van der Waals surface area contributed by atoms with Gasteiger partial charge in [0.1, 0.15) is 18.0 Å². The van der Waals surface area contributed by atoms with Crippen molar-refractivity contribution in [1.82, 2.24) is 9.80 Å². The number of methoxy groups -OCH3 is 1. The van der Waals surface area contributed by atoms with Crippen LogP contribution in [0, 0.1) is 16.0 Å². The molecule has 2 amide bonds. The first kappa shape index (κ1) is 29.5. The van der Waals surface area contributed by atoms with Gasteiger partial charge in [0.2, 0.25) is 0 Å². The Morgan fingerprint density at radius 2 is 1.70 bits per heavy atom. The standard InChI is InChI=1S/C29H37N3O7S/c1-29(2,3)39-27(33)30-14-13-22(16-30)26-15-25(40-19-21-7-11-24(37-4)12-8-21)17-31(26)28(34)38-18-20-5-9-23(10-6-20)32(35)36/h5-12,22,25-26H,13-19H2,1-4H3/t22-,25-,26-/m0/s1. The topological polar surface area (TPSA) is 111 Å². The number of non-ortho nitro benzene ring substituents is 1. The molecule has 10 nitrogen and oxygen atoms in total. The Morgan fingerprint density at radius 1 is 1.02 bits per heavy atom. The second-order valence-corrected chi connectivity index (χ2v) is 12.5. The van der Waals surface area contributed by atoms with Crippen LogP contribution in [0.25, 0.3) is 0 Å². The van der Waals surface area contributed by atoms with Crippen molar-refractivity contribution in [2.24, 2.45) is 5.92 Å². The Balaban J connectivity index is 1.41. The van der Waals surface area contributed by atoms with E-state index in [-0.39, 0.29) is 35.6 Å². The summed E-state index contributed by atoms with van der Waals surface area (Å²) in [5.41, 5.74) is 1.28. The molecule has 0 spiro atoms. The highest BCUT2D eigenvalue weighted by Gasteiger charge is 2.44. The van der Waals surface area contributed by atoms with Crippen molar-refractivity contribution in [3.8, 4) is 5.75 Å². The second-order valence-electron chi connectivity index (χ2n) is 11.2. The Bertz CT molecular complexity index is 1180. The zero-order valence-electron chi connectivity index (χ0n) is 23.4. The third-order valence-corrected chi connectivity index (χ3v) is 8.43. The van der Waals surface area contributed by atoms with Gasteiger partial charge in [-0.1, -0.05) is 12.1 Å². The predicted molar refractivity (Wildman–Crippen MR) is 152 cm³/mol. The van der Waals surface area contributed by atoms with Gasteiger partial charge in [-0.25, -0.2) is 9.59 Å². The minimum Gasteiger partial charge on any atom is -0.497 e. The Kier molecular flexibility index (Phi) is 9.44. The smallest absolute Gasteiger partial charge is 0.410 e. The molecule has 2 aromatic carbocycles. The van der Waals surface area contributed by atoms with E-state index in [0.717, 1.165) is 24.3 Å². The number of hydrogen-bond acceptors (Lipinski definition) is 8. The van der Waals surface area contributed by atoms with Gasteiger partial charge < -0.3 is 24.0 Å².